The van der Waals surface area contributed by atoms with E-state index in [0.29, 0.717) is 29.4 Å². The Morgan fingerprint density at radius 2 is 1.94 bits per heavy atom. The van der Waals surface area contributed by atoms with Crippen LogP contribution in [0.3, 0.4) is 0 Å². The molecule has 2 N–H and O–H groups in total. The lowest BCUT2D eigenvalue weighted by Crippen LogP contribution is -2.31. The van der Waals surface area contributed by atoms with Crippen LogP contribution < -0.4 is 10.6 Å². The molecule has 0 radical (unpaired) electrons. The van der Waals surface area contributed by atoms with E-state index in [1.807, 2.05) is 39.1 Å². The van der Waals surface area contributed by atoms with E-state index in [4.69, 9.17) is 4.98 Å². The van der Waals surface area contributed by atoms with Crippen molar-refractivity contribution in [2.24, 2.45) is 0 Å². The lowest BCUT2D eigenvalue weighted by Gasteiger charge is -2.20. The molecule has 0 aliphatic heterocycles. The summed E-state index contributed by atoms with van der Waals surface area (Å²) < 4.78 is 0. The van der Waals surface area contributed by atoms with Gasteiger partial charge in [0.15, 0.2) is 0 Å². The minimum absolute atomic E-state index is 0.186. The lowest BCUT2D eigenvalue weighted by atomic mass is 9.99. The SMILES string of the molecule is CNc1cc(C[C@H](NC(=O)c2cnc(C)nc2C)c2cccc(C)c2)nc(C2CC2)n1. The van der Waals surface area contributed by atoms with E-state index in [1.54, 1.807) is 6.20 Å². The number of benzene rings is 1. The van der Waals surface area contributed by atoms with Crippen LogP contribution >= 0.6 is 0 Å². The number of aromatic nitrogens is 4. The summed E-state index contributed by atoms with van der Waals surface area (Å²) in [5.74, 6) is 2.61. The number of carbonyl (C=O) groups excluding carboxylic acids is 1. The molecule has 160 valence electrons. The Kier molecular flexibility index (Phi) is 5.93. The first-order valence-electron chi connectivity index (χ1n) is 10.7. The largest absolute Gasteiger partial charge is 0.373 e. The van der Waals surface area contributed by atoms with Crippen molar-refractivity contribution in [3.8, 4) is 0 Å². The first-order valence-corrected chi connectivity index (χ1v) is 10.7. The molecule has 0 saturated heterocycles. The minimum atomic E-state index is -0.236. The topological polar surface area (TPSA) is 92.7 Å². The highest BCUT2D eigenvalue weighted by Crippen LogP contribution is 2.38. The van der Waals surface area contributed by atoms with Gasteiger partial charge in [0.2, 0.25) is 0 Å². The highest BCUT2D eigenvalue weighted by molar-refractivity contribution is 5.95. The predicted molar refractivity (Wildman–Crippen MR) is 120 cm³/mol. The van der Waals surface area contributed by atoms with Crippen molar-refractivity contribution in [1.29, 1.82) is 0 Å². The molecule has 1 atom stereocenters. The Morgan fingerprint density at radius 1 is 1.13 bits per heavy atom. The number of carbonyl (C=O) groups is 1. The molecule has 2 aromatic heterocycles. The van der Waals surface area contributed by atoms with Crippen molar-refractivity contribution >= 4 is 11.7 Å². The van der Waals surface area contributed by atoms with Crippen LogP contribution in [0.5, 0.6) is 0 Å². The van der Waals surface area contributed by atoms with Gasteiger partial charge in [-0.05, 0) is 39.2 Å². The molecule has 1 fully saturated rings. The van der Waals surface area contributed by atoms with Gasteiger partial charge in [-0.2, -0.15) is 0 Å². The summed E-state index contributed by atoms with van der Waals surface area (Å²) in [4.78, 5) is 31.1. The number of hydrogen-bond acceptors (Lipinski definition) is 6. The summed E-state index contributed by atoms with van der Waals surface area (Å²) in [6.45, 7) is 5.70. The number of hydrogen-bond donors (Lipinski definition) is 2. The zero-order valence-corrected chi connectivity index (χ0v) is 18.4. The van der Waals surface area contributed by atoms with E-state index in [0.717, 1.165) is 41.3 Å². The number of nitrogens with one attached hydrogen (secondary N) is 2. The molecule has 1 aliphatic rings. The standard InChI is InChI=1S/C24H28N6O/c1-14-6-5-7-18(10-14)21(29-24(31)20-13-26-16(3)27-15(20)2)11-19-12-22(25-4)30-23(28-19)17-8-9-17/h5-7,10,12-13,17,21H,8-9,11H2,1-4H3,(H,29,31)(H,25,28,30)/t21-/m0/s1. The van der Waals surface area contributed by atoms with Gasteiger partial charge in [0.1, 0.15) is 17.5 Å². The summed E-state index contributed by atoms with van der Waals surface area (Å²) >= 11 is 0. The second-order valence-corrected chi connectivity index (χ2v) is 8.19. The van der Waals surface area contributed by atoms with Crippen LogP contribution in [0, 0.1) is 20.8 Å². The molecular weight excluding hydrogens is 388 g/mol. The van der Waals surface area contributed by atoms with Gasteiger partial charge < -0.3 is 10.6 Å². The zero-order chi connectivity index (χ0) is 22.0. The molecule has 0 unspecified atom stereocenters. The Balaban J connectivity index is 1.65. The quantitative estimate of drug-likeness (QED) is 0.608. The van der Waals surface area contributed by atoms with Gasteiger partial charge in [-0.25, -0.2) is 19.9 Å². The third-order valence-electron chi connectivity index (χ3n) is 5.50. The van der Waals surface area contributed by atoms with Crippen LogP contribution in [-0.2, 0) is 6.42 Å². The molecule has 0 bridgehead atoms. The molecule has 1 aliphatic carbocycles. The van der Waals surface area contributed by atoms with Crippen LogP contribution in [0.2, 0.25) is 0 Å². The van der Waals surface area contributed by atoms with E-state index < -0.39 is 0 Å². The van der Waals surface area contributed by atoms with Gasteiger partial charge in [0.05, 0.1) is 17.3 Å². The highest BCUT2D eigenvalue weighted by Gasteiger charge is 2.28. The van der Waals surface area contributed by atoms with Crippen molar-refractivity contribution in [3.63, 3.8) is 0 Å². The Bertz CT molecular complexity index is 1110. The molecule has 0 spiro atoms. The molecular formula is C24H28N6O. The Morgan fingerprint density at radius 3 is 2.61 bits per heavy atom. The molecule has 1 aromatic carbocycles. The van der Waals surface area contributed by atoms with Crippen molar-refractivity contribution < 1.29 is 4.79 Å². The van der Waals surface area contributed by atoms with E-state index in [1.165, 1.54) is 0 Å². The summed E-state index contributed by atoms with van der Waals surface area (Å²) in [7, 11) is 1.86. The Labute approximate surface area is 182 Å². The molecule has 7 heteroatoms. The van der Waals surface area contributed by atoms with Gasteiger partial charge >= 0.3 is 0 Å². The van der Waals surface area contributed by atoms with Crippen LogP contribution in [0.25, 0.3) is 0 Å². The van der Waals surface area contributed by atoms with Crippen molar-refractivity contribution in [1.82, 2.24) is 25.3 Å². The van der Waals surface area contributed by atoms with E-state index in [-0.39, 0.29) is 11.9 Å². The van der Waals surface area contributed by atoms with Gasteiger partial charge in [0, 0.05) is 37.3 Å². The minimum Gasteiger partial charge on any atom is -0.373 e. The van der Waals surface area contributed by atoms with Gasteiger partial charge in [-0.1, -0.05) is 29.8 Å². The second-order valence-electron chi connectivity index (χ2n) is 8.19. The zero-order valence-electron chi connectivity index (χ0n) is 18.4. The fourth-order valence-electron chi connectivity index (χ4n) is 3.66. The van der Waals surface area contributed by atoms with Crippen molar-refractivity contribution in [3.05, 3.63) is 76.3 Å². The third kappa shape index (κ3) is 5.05. The highest BCUT2D eigenvalue weighted by atomic mass is 16.1. The van der Waals surface area contributed by atoms with Crippen LogP contribution in [0.4, 0.5) is 5.82 Å². The van der Waals surface area contributed by atoms with Crippen molar-refractivity contribution in [2.75, 3.05) is 12.4 Å². The maximum Gasteiger partial charge on any atom is 0.255 e. The number of amides is 1. The third-order valence-corrected chi connectivity index (χ3v) is 5.50. The predicted octanol–water partition coefficient (Wildman–Crippen LogP) is 3.82. The van der Waals surface area contributed by atoms with E-state index in [2.05, 4.69) is 44.6 Å². The second kappa shape index (κ2) is 8.79. The monoisotopic (exact) mass is 416 g/mol. The average molecular weight is 417 g/mol. The Hall–Kier alpha value is -3.35. The van der Waals surface area contributed by atoms with Crippen LogP contribution in [-0.4, -0.2) is 32.9 Å². The molecule has 2 heterocycles. The van der Waals surface area contributed by atoms with E-state index in [9.17, 15) is 4.79 Å². The van der Waals surface area contributed by atoms with Crippen LogP contribution in [0.15, 0.2) is 36.5 Å². The number of aryl methyl sites for hydroxylation is 3. The smallest absolute Gasteiger partial charge is 0.255 e. The summed E-state index contributed by atoms with van der Waals surface area (Å²) in [6.07, 6.45) is 4.43. The summed E-state index contributed by atoms with van der Waals surface area (Å²) in [6, 6.07) is 9.93. The summed E-state index contributed by atoms with van der Waals surface area (Å²) in [5, 5.41) is 6.32. The lowest BCUT2D eigenvalue weighted by molar-refractivity contribution is 0.0935. The van der Waals surface area contributed by atoms with Gasteiger partial charge in [-0.15, -0.1) is 0 Å². The maximum atomic E-state index is 13.1. The molecule has 1 amide bonds. The first-order chi connectivity index (χ1) is 14.9. The molecule has 4 rings (SSSR count). The maximum absolute atomic E-state index is 13.1. The first kappa shape index (κ1) is 20.9. The normalized spacial score (nSPS) is 14.2. The summed E-state index contributed by atoms with van der Waals surface area (Å²) in [5.41, 5.74) is 4.24. The molecule has 1 saturated carbocycles. The average Bonchev–Trinajstić information content (AvgIpc) is 3.58. The number of anilines is 1. The van der Waals surface area contributed by atoms with Gasteiger partial charge in [0.25, 0.3) is 5.91 Å². The molecule has 31 heavy (non-hydrogen) atoms. The number of rotatable bonds is 7. The molecule has 7 nitrogen and oxygen atoms in total. The fourth-order valence-corrected chi connectivity index (χ4v) is 3.66. The van der Waals surface area contributed by atoms with Crippen molar-refractivity contribution in [2.45, 2.75) is 52.0 Å². The molecule has 3 aromatic rings. The van der Waals surface area contributed by atoms with Gasteiger partial charge in [-0.3, -0.25) is 4.79 Å². The van der Waals surface area contributed by atoms with Crippen LogP contribution in [0.1, 0.15) is 69.3 Å². The van der Waals surface area contributed by atoms with E-state index >= 15 is 0 Å². The fraction of sp³-hybridized carbons (Fsp3) is 0.375. The number of nitrogens with zero attached hydrogens (tertiary/aromatic N) is 4.